The number of para-hydroxylation sites is 1. The Hall–Kier alpha value is -1.55. The third kappa shape index (κ3) is 6.63. The Morgan fingerprint density at radius 1 is 1.10 bits per heavy atom. The molecule has 1 aromatic carbocycles. The Morgan fingerprint density at radius 3 is 2.05 bits per heavy atom. The Morgan fingerprint density at radius 2 is 1.67 bits per heavy atom. The topological polar surface area (TPSA) is 44.4 Å². The molecule has 0 atom stereocenters. The van der Waals surface area contributed by atoms with E-state index in [1.807, 2.05) is 30.3 Å². The first-order valence-electron chi connectivity index (χ1n) is 8.04. The maximum absolute atomic E-state index is 11.4. The van der Waals surface area contributed by atoms with Gasteiger partial charge in [0.05, 0.1) is 5.69 Å². The summed E-state index contributed by atoms with van der Waals surface area (Å²) < 4.78 is 0. The number of rotatable bonds is 6. The number of hydrazine groups is 1. The highest BCUT2D eigenvalue weighted by atomic mass is 16.2. The highest BCUT2D eigenvalue weighted by Gasteiger charge is 2.24. The average Bonchev–Trinajstić information content (AvgIpc) is 2.47. The van der Waals surface area contributed by atoms with Crippen LogP contribution in [0.2, 0.25) is 0 Å². The number of amides is 1. The van der Waals surface area contributed by atoms with E-state index in [9.17, 15) is 4.79 Å². The zero-order valence-corrected chi connectivity index (χ0v) is 13.6. The quantitative estimate of drug-likeness (QED) is 0.791. The van der Waals surface area contributed by atoms with Crippen LogP contribution >= 0.6 is 0 Å². The Balaban J connectivity index is 0.000000270. The molecule has 1 amide bonds. The summed E-state index contributed by atoms with van der Waals surface area (Å²) in [5, 5.41) is 0. The van der Waals surface area contributed by atoms with Gasteiger partial charge in [-0.2, -0.15) is 0 Å². The molecule has 0 saturated heterocycles. The number of anilines is 1. The van der Waals surface area contributed by atoms with Crippen molar-refractivity contribution in [1.29, 1.82) is 0 Å². The van der Waals surface area contributed by atoms with Crippen LogP contribution in [0.4, 0.5) is 5.69 Å². The molecular formula is C17H29N3O. The molecule has 1 aromatic rings. The molecule has 21 heavy (non-hydrogen) atoms. The second-order valence-electron chi connectivity index (χ2n) is 5.23. The summed E-state index contributed by atoms with van der Waals surface area (Å²) in [6, 6.07) is 9.64. The standard InChI is InChI=1S/C11H14N2O.C6H15N/c14-11(9-5-4-6-9)13-12-10-7-2-1-3-8-10;1-4-7(5-2)6-3/h1-3,7-9,12H,4-6H2,(H,13,14);4-6H2,1-3H3. The minimum Gasteiger partial charge on any atom is -0.304 e. The average molecular weight is 291 g/mol. The van der Waals surface area contributed by atoms with Crippen LogP contribution in [-0.2, 0) is 4.79 Å². The van der Waals surface area contributed by atoms with Crippen molar-refractivity contribution in [2.24, 2.45) is 5.92 Å². The Labute approximate surface area is 128 Å². The van der Waals surface area contributed by atoms with Crippen molar-refractivity contribution < 1.29 is 4.79 Å². The van der Waals surface area contributed by atoms with Crippen LogP contribution in [0.5, 0.6) is 0 Å². The third-order valence-corrected chi connectivity index (χ3v) is 3.92. The number of carbonyl (C=O) groups excluding carboxylic acids is 1. The van der Waals surface area contributed by atoms with Crippen LogP contribution in [0.25, 0.3) is 0 Å². The number of hydrogen-bond donors (Lipinski definition) is 2. The fourth-order valence-electron chi connectivity index (χ4n) is 2.10. The largest absolute Gasteiger partial charge is 0.304 e. The van der Waals surface area contributed by atoms with Crippen molar-refractivity contribution in [2.45, 2.75) is 40.0 Å². The van der Waals surface area contributed by atoms with Gasteiger partial charge < -0.3 is 4.90 Å². The molecule has 0 spiro atoms. The maximum Gasteiger partial charge on any atom is 0.241 e. The number of carbonyl (C=O) groups is 1. The van der Waals surface area contributed by atoms with Crippen LogP contribution in [-0.4, -0.2) is 30.4 Å². The number of hydrogen-bond acceptors (Lipinski definition) is 3. The van der Waals surface area contributed by atoms with Crippen molar-refractivity contribution in [3.63, 3.8) is 0 Å². The zero-order chi connectivity index (χ0) is 15.5. The van der Waals surface area contributed by atoms with Crippen LogP contribution in [0.15, 0.2) is 30.3 Å². The Bertz CT molecular complexity index is 381. The van der Waals surface area contributed by atoms with Gasteiger partial charge in [-0.05, 0) is 44.6 Å². The van der Waals surface area contributed by atoms with Gasteiger partial charge >= 0.3 is 0 Å². The van der Waals surface area contributed by atoms with Gasteiger partial charge in [0.15, 0.2) is 0 Å². The predicted octanol–water partition coefficient (Wildman–Crippen LogP) is 3.28. The van der Waals surface area contributed by atoms with Crippen molar-refractivity contribution >= 4 is 11.6 Å². The molecule has 0 aliphatic heterocycles. The van der Waals surface area contributed by atoms with E-state index in [2.05, 4.69) is 36.5 Å². The zero-order valence-electron chi connectivity index (χ0n) is 13.6. The van der Waals surface area contributed by atoms with Crippen LogP contribution < -0.4 is 10.9 Å². The fraction of sp³-hybridized carbons (Fsp3) is 0.588. The number of nitrogens with one attached hydrogen (secondary N) is 2. The lowest BCUT2D eigenvalue weighted by Crippen LogP contribution is -2.37. The Kier molecular flexibility index (Phi) is 8.51. The number of benzene rings is 1. The minimum absolute atomic E-state index is 0.111. The molecule has 0 radical (unpaired) electrons. The summed E-state index contributed by atoms with van der Waals surface area (Å²) in [6.07, 6.45) is 3.24. The monoisotopic (exact) mass is 291 g/mol. The van der Waals surface area contributed by atoms with Gasteiger partial charge in [-0.3, -0.25) is 15.6 Å². The SMILES string of the molecule is CCN(CC)CC.O=C(NNc1ccccc1)C1CCC1. The van der Waals surface area contributed by atoms with E-state index in [0.29, 0.717) is 0 Å². The lowest BCUT2D eigenvalue weighted by atomic mass is 9.85. The predicted molar refractivity (Wildman–Crippen MR) is 89.0 cm³/mol. The second-order valence-corrected chi connectivity index (χ2v) is 5.23. The summed E-state index contributed by atoms with van der Waals surface area (Å²) in [5.41, 5.74) is 6.52. The molecule has 2 N–H and O–H groups in total. The van der Waals surface area contributed by atoms with E-state index < -0.39 is 0 Å². The summed E-state index contributed by atoms with van der Waals surface area (Å²) in [6.45, 7) is 10.1. The van der Waals surface area contributed by atoms with E-state index in [-0.39, 0.29) is 11.8 Å². The highest BCUT2D eigenvalue weighted by Crippen LogP contribution is 2.26. The fourth-order valence-corrected chi connectivity index (χ4v) is 2.10. The first kappa shape index (κ1) is 17.5. The lowest BCUT2D eigenvalue weighted by molar-refractivity contribution is -0.126. The van der Waals surface area contributed by atoms with Crippen molar-refractivity contribution in [1.82, 2.24) is 10.3 Å². The van der Waals surface area contributed by atoms with E-state index in [4.69, 9.17) is 0 Å². The van der Waals surface area contributed by atoms with Gasteiger partial charge in [-0.1, -0.05) is 45.4 Å². The molecule has 1 fully saturated rings. The first-order valence-corrected chi connectivity index (χ1v) is 8.04. The normalized spacial score (nSPS) is 13.9. The maximum atomic E-state index is 11.4. The highest BCUT2D eigenvalue weighted by molar-refractivity contribution is 5.80. The van der Waals surface area contributed by atoms with E-state index in [0.717, 1.165) is 18.5 Å². The van der Waals surface area contributed by atoms with Gasteiger partial charge in [0, 0.05) is 5.92 Å². The summed E-state index contributed by atoms with van der Waals surface area (Å²) in [4.78, 5) is 13.8. The third-order valence-electron chi connectivity index (χ3n) is 3.92. The molecule has 1 aliphatic rings. The van der Waals surface area contributed by atoms with Crippen LogP contribution in [0, 0.1) is 5.92 Å². The minimum atomic E-state index is 0.111. The van der Waals surface area contributed by atoms with Gasteiger partial charge in [0.25, 0.3) is 0 Å². The van der Waals surface area contributed by atoms with Crippen molar-refractivity contribution in [3.05, 3.63) is 30.3 Å². The van der Waals surface area contributed by atoms with E-state index >= 15 is 0 Å². The molecule has 4 nitrogen and oxygen atoms in total. The van der Waals surface area contributed by atoms with Crippen LogP contribution in [0.3, 0.4) is 0 Å². The smallest absolute Gasteiger partial charge is 0.241 e. The van der Waals surface area contributed by atoms with Gasteiger partial charge in [-0.25, -0.2) is 0 Å². The summed E-state index contributed by atoms with van der Waals surface area (Å²) in [7, 11) is 0. The second kappa shape index (κ2) is 10.2. The molecule has 2 rings (SSSR count). The molecule has 0 bridgehead atoms. The molecular weight excluding hydrogens is 262 g/mol. The number of nitrogens with zero attached hydrogens (tertiary/aromatic N) is 1. The molecule has 1 aliphatic carbocycles. The molecule has 0 heterocycles. The molecule has 118 valence electrons. The van der Waals surface area contributed by atoms with Crippen LogP contribution in [0.1, 0.15) is 40.0 Å². The molecule has 0 aromatic heterocycles. The van der Waals surface area contributed by atoms with Gasteiger partial charge in [-0.15, -0.1) is 0 Å². The van der Waals surface area contributed by atoms with Gasteiger partial charge in [0.2, 0.25) is 5.91 Å². The summed E-state index contributed by atoms with van der Waals surface area (Å²) >= 11 is 0. The molecule has 4 heteroatoms. The van der Waals surface area contributed by atoms with E-state index in [1.165, 1.54) is 26.1 Å². The molecule has 0 unspecified atom stereocenters. The van der Waals surface area contributed by atoms with E-state index in [1.54, 1.807) is 0 Å². The summed E-state index contributed by atoms with van der Waals surface area (Å²) in [5.74, 6) is 0.339. The first-order chi connectivity index (χ1) is 10.2. The van der Waals surface area contributed by atoms with Crippen molar-refractivity contribution in [2.75, 3.05) is 25.1 Å². The molecule has 1 saturated carbocycles. The van der Waals surface area contributed by atoms with Crippen molar-refractivity contribution in [3.8, 4) is 0 Å². The lowest BCUT2D eigenvalue weighted by Gasteiger charge is -2.24. The van der Waals surface area contributed by atoms with Gasteiger partial charge in [0.1, 0.15) is 0 Å².